The second-order valence-electron chi connectivity index (χ2n) is 7.98. The molecule has 1 aromatic heterocycles. The lowest BCUT2D eigenvalue weighted by atomic mass is 10.1. The van der Waals surface area contributed by atoms with Gasteiger partial charge in [-0.05, 0) is 55.8 Å². The van der Waals surface area contributed by atoms with Crippen LogP contribution in [0.15, 0.2) is 84.9 Å². The van der Waals surface area contributed by atoms with E-state index in [0.29, 0.717) is 22.6 Å². The van der Waals surface area contributed by atoms with Crippen LogP contribution in [0.1, 0.15) is 25.2 Å². The number of phenols is 1. The lowest BCUT2D eigenvalue weighted by Gasteiger charge is -2.28. The lowest BCUT2D eigenvalue weighted by Crippen LogP contribution is -2.17. The van der Waals surface area contributed by atoms with Crippen LogP contribution in [0.2, 0.25) is 0 Å². The molecule has 0 saturated heterocycles. The summed E-state index contributed by atoms with van der Waals surface area (Å²) in [6.45, 7) is 3.76. The molecule has 4 rings (SSSR count). The smallest absolute Gasteiger partial charge is 0.357 e. The van der Waals surface area contributed by atoms with Crippen molar-refractivity contribution in [3.8, 4) is 22.7 Å². The molecule has 0 fully saturated rings. The standard InChI is InChI=1S/C26H27N4O6P/c1-3-35-37(34,36-4-2)26(20-9-8-12-23(31)17-20)27-25-18-24(19-13-15-22(16-14-19)30(32)33)28-29(25)21-10-6-5-7-11-21/h5-18,26-27,31H,3-4H2,1-2H3. The Morgan fingerprint density at radius 3 is 2.27 bits per heavy atom. The van der Waals surface area contributed by atoms with Crippen molar-refractivity contribution < 1.29 is 23.6 Å². The third-order valence-corrected chi connectivity index (χ3v) is 7.78. The number of para-hydroxylation sites is 1. The Morgan fingerprint density at radius 1 is 1.00 bits per heavy atom. The maximum absolute atomic E-state index is 14.0. The van der Waals surface area contributed by atoms with Crippen molar-refractivity contribution in [2.75, 3.05) is 18.5 Å². The van der Waals surface area contributed by atoms with Gasteiger partial charge in [0.15, 0.2) is 5.78 Å². The fourth-order valence-electron chi connectivity index (χ4n) is 3.87. The molecule has 0 aliphatic rings. The molecular weight excluding hydrogens is 495 g/mol. The molecule has 0 spiro atoms. The number of aromatic nitrogens is 2. The van der Waals surface area contributed by atoms with E-state index in [1.807, 2.05) is 30.3 Å². The number of hydrogen-bond donors (Lipinski definition) is 2. The molecule has 1 atom stereocenters. The number of anilines is 1. The van der Waals surface area contributed by atoms with Crippen LogP contribution in [0.25, 0.3) is 16.9 Å². The van der Waals surface area contributed by atoms with Gasteiger partial charge < -0.3 is 19.5 Å². The monoisotopic (exact) mass is 522 g/mol. The summed E-state index contributed by atoms with van der Waals surface area (Å²) in [5.41, 5.74) is 2.41. The van der Waals surface area contributed by atoms with Gasteiger partial charge in [0.2, 0.25) is 0 Å². The summed E-state index contributed by atoms with van der Waals surface area (Å²) in [4.78, 5) is 10.6. The second-order valence-corrected chi connectivity index (χ2v) is 10.1. The summed E-state index contributed by atoms with van der Waals surface area (Å²) in [5, 5.41) is 29.2. The van der Waals surface area contributed by atoms with E-state index in [4.69, 9.17) is 14.1 Å². The zero-order valence-electron chi connectivity index (χ0n) is 20.4. The highest BCUT2D eigenvalue weighted by atomic mass is 31.2. The Labute approximate surface area is 214 Å². The van der Waals surface area contributed by atoms with Gasteiger partial charge in [0, 0.05) is 23.8 Å². The number of nitro benzene ring substituents is 1. The number of rotatable bonds is 11. The molecule has 2 N–H and O–H groups in total. The van der Waals surface area contributed by atoms with Gasteiger partial charge in [0.1, 0.15) is 11.6 Å². The number of hydrogen-bond acceptors (Lipinski definition) is 8. The first-order chi connectivity index (χ1) is 17.8. The molecule has 10 nitrogen and oxygen atoms in total. The topological polar surface area (TPSA) is 129 Å². The van der Waals surface area contributed by atoms with Crippen molar-refractivity contribution in [3.05, 3.63) is 101 Å². The molecule has 1 heterocycles. The third kappa shape index (κ3) is 5.89. The van der Waals surface area contributed by atoms with E-state index >= 15 is 0 Å². The Kier molecular flexibility index (Phi) is 8.03. The summed E-state index contributed by atoms with van der Waals surface area (Å²) in [6, 6.07) is 23.6. The molecule has 0 saturated carbocycles. The average molecular weight is 522 g/mol. The van der Waals surface area contributed by atoms with Gasteiger partial charge in [-0.15, -0.1) is 0 Å². The van der Waals surface area contributed by atoms with Gasteiger partial charge in [-0.1, -0.05) is 30.3 Å². The van der Waals surface area contributed by atoms with Gasteiger partial charge in [0.25, 0.3) is 5.69 Å². The Balaban J connectivity index is 1.84. The Bertz CT molecular complexity index is 1400. The molecular formula is C26H27N4O6P. The number of nitrogens with one attached hydrogen (secondary N) is 1. The summed E-state index contributed by atoms with van der Waals surface area (Å²) < 4.78 is 27.0. The van der Waals surface area contributed by atoms with Crippen LogP contribution in [-0.2, 0) is 13.6 Å². The van der Waals surface area contributed by atoms with Crippen molar-refractivity contribution in [3.63, 3.8) is 0 Å². The predicted molar refractivity (Wildman–Crippen MR) is 141 cm³/mol. The number of nitro groups is 1. The van der Waals surface area contributed by atoms with Gasteiger partial charge in [0.05, 0.1) is 29.5 Å². The third-order valence-electron chi connectivity index (χ3n) is 5.49. The highest BCUT2D eigenvalue weighted by molar-refractivity contribution is 7.54. The largest absolute Gasteiger partial charge is 0.508 e. The van der Waals surface area contributed by atoms with Crippen LogP contribution in [0.5, 0.6) is 5.75 Å². The molecule has 0 aliphatic heterocycles. The second kappa shape index (κ2) is 11.4. The molecule has 192 valence electrons. The Hall–Kier alpha value is -3.98. The summed E-state index contributed by atoms with van der Waals surface area (Å²) >= 11 is 0. The van der Waals surface area contributed by atoms with Crippen molar-refractivity contribution >= 4 is 19.1 Å². The molecule has 3 aromatic carbocycles. The minimum absolute atomic E-state index is 0.00647. The van der Waals surface area contributed by atoms with Crippen LogP contribution in [-0.4, -0.2) is 33.0 Å². The van der Waals surface area contributed by atoms with Gasteiger partial charge in [-0.3, -0.25) is 14.7 Å². The lowest BCUT2D eigenvalue weighted by molar-refractivity contribution is -0.384. The van der Waals surface area contributed by atoms with Gasteiger partial charge >= 0.3 is 7.60 Å². The molecule has 37 heavy (non-hydrogen) atoms. The predicted octanol–water partition coefficient (Wildman–Crippen LogP) is 6.53. The first-order valence-corrected chi connectivity index (χ1v) is 13.3. The molecule has 0 bridgehead atoms. The van der Waals surface area contributed by atoms with E-state index in [1.165, 1.54) is 24.3 Å². The van der Waals surface area contributed by atoms with E-state index in [2.05, 4.69) is 5.32 Å². The maximum Gasteiger partial charge on any atom is 0.357 e. The number of non-ortho nitro benzene ring substituents is 1. The summed E-state index contributed by atoms with van der Waals surface area (Å²) in [7, 11) is -3.77. The fourth-order valence-corrected chi connectivity index (χ4v) is 5.78. The van der Waals surface area contributed by atoms with E-state index in [0.717, 1.165) is 5.69 Å². The Morgan fingerprint density at radius 2 is 1.68 bits per heavy atom. The average Bonchev–Trinajstić information content (AvgIpc) is 3.32. The minimum Gasteiger partial charge on any atom is -0.508 e. The first kappa shape index (κ1) is 26.1. The quantitative estimate of drug-likeness (QED) is 0.129. The zero-order valence-corrected chi connectivity index (χ0v) is 21.2. The summed E-state index contributed by atoms with van der Waals surface area (Å²) in [6.07, 6.45) is 0. The SMILES string of the molecule is CCOP(=O)(OCC)C(Nc1cc(-c2ccc([N+](=O)[O-])cc2)nn1-c1ccccc1)c1cccc(O)c1. The number of aromatic hydroxyl groups is 1. The van der Waals surface area contributed by atoms with Crippen molar-refractivity contribution in [2.24, 2.45) is 0 Å². The van der Waals surface area contributed by atoms with E-state index in [-0.39, 0.29) is 24.7 Å². The zero-order chi connectivity index (χ0) is 26.4. The van der Waals surface area contributed by atoms with Crippen LogP contribution >= 0.6 is 7.60 Å². The highest BCUT2D eigenvalue weighted by Crippen LogP contribution is 2.61. The highest BCUT2D eigenvalue weighted by Gasteiger charge is 2.38. The van der Waals surface area contributed by atoms with Crippen LogP contribution in [0, 0.1) is 10.1 Å². The van der Waals surface area contributed by atoms with Crippen LogP contribution in [0.4, 0.5) is 11.5 Å². The van der Waals surface area contributed by atoms with Gasteiger partial charge in [-0.25, -0.2) is 4.68 Å². The van der Waals surface area contributed by atoms with Crippen molar-refractivity contribution in [1.82, 2.24) is 9.78 Å². The van der Waals surface area contributed by atoms with Crippen LogP contribution < -0.4 is 5.32 Å². The molecule has 0 aliphatic carbocycles. The van der Waals surface area contributed by atoms with Crippen molar-refractivity contribution in [2.45, 2.75) is 19.6 Å². The maximum atomic E-state index is 14.0. The van der Waals surface area contributed by atoms with E-state index in [9.17, 15) is 19.8 Å². The van der Waals surface area contributed by atoms with Gasteiger partial charge in [-0.2, -0.15) is 5.10 Å². The number of benzene rings is 3. The van der Waals surface area contributed by atoms with Crippen LogP contribution in [0.3, 0.4) is 0 Å². The number of nitrogens with zero attached hydrogens (tertiary/aromatic N) is 3. The normalized spacial score (nSPS) is 12.3. The van der Waals surface area contributed by atoms with E-state index in [1.54, 1.807) is 48.9 Å². The summed E-state index contributed by atoms with van der Waals surface area (Å²) in [5.74, 6) is -0.483. The molecule has 0 radical (unpaired) electrons. The fraction of sp³-hybridized carbons (Fsp3) is 0.192. The van der Waals surface area contributed by atoms with E-state index < -0.39 is 18.3 Å². The molecule has 11 heteroatoms. The molecule has 1 unspecified atom stereocenters. The minimum atomic E-state index is -3.77. The molecule has 4 aromatic rings. The first-order valence-electron chi connectivity index (χ1n) is 11.7. The molecule has 0 amide bonds. The number of phenolic OH excluding ortho intramolecular Hbond substituents is 1. The van der Waals surface area contributed by atoms with Crippen molar-refractivity contribution in [1.29, 1.82) is 0 Å².